The average Bonchev–Trinajstić information content (AvgIpc) is 3.24. The van der Waals surface area contributed by atoms with E-state index in [1.54, 1.807) is 44.0 Å². The van der Waals surface area contributed by atoms with E-state index < -0.39 is 16.1 Å². The highest BCUT2D eigenvalue weighted by atomic mass is 32.2. The number of sulfonamides is 1. The molecule has 2 aromatic carbocycles. The number of likely N-dealkylation sites (N-methyl/N-ethyl adjacent to an activating group) is 1. The number of anilines is 1. The van der Waals surface area contributed by atoms with Crippen molar-refractivity contribution < 1.29 is 22.5 Å². The van der Waals surface area contributed by atoms with Gasteiger partial charge in [0.25, 0.3) is 10.0 Å². The van der Waals surface area contributed by atoms with Gasteiger partial charge in [0.05, 0.1) is 10.6 Å². The van der Waals surface area contributed by atoms with Gasteiger partial charge in [-0.15, -0.1) is 0 Å². The molecular formula is C29H38N4O5S. The minimum absolute atomic E-state index is 0.0219. The zero-order valence-electron chi connectivity index (χ0n) is 23.4. The molecule has 2 N–H and O–H groups in total. The predicted molar refractivity (Wildman–Crippen MR) is 151 cm³/mol. The molecule has 0 fully saturated rings. The molecule has 39 heavy (non-hydrogen) atoms. The lowest BCUT2D eigenvalue weighted by molar-refractivity contribution is -0.143. The lowest BCUT2D eigenvalue weighted by atomic mass is 9.95. The van der Waals surface area contributed by atoms with Gasteiger partial charge in [-0.05, 0) is 43.4 Å². The molecule has 0 aliphatic heterocycles. The van der Waals surface area contributed by atoms with Crippen LogP contribution in [0, 0.1) is 19.8 Å². The van der Waals surface area contributed by atoms with Gasteiger partial charge in [0.2, 0.25) is 17.7 Å². The Morgan fingerprint density at radius 2 is 1.72 bits per heavy atom. The number of nitrogens with zero attached hydrogens (tertiary/aromatic N) is 2. The first-order valence-corrected chi connectivity index (χ1v) is 14.7. The number of hydrogen-bond acceptors (Lipinski definition) is 6. The third-order valence-electron chi connectivity index (χ3n) is 7.00. The average molecular weight is 555 g/mol. The third kappa shape index (κ3) is 6.86. The molecule has 3 rings (SSSR count). The van der Waals surface area contributed by atoms with Crippen LogP contribution in [-0.4, -0.2) is 43.4 Å². The summed E-state index contributed by atoms with van der Waals surface area (Å²) in [5.74, 6) is -0.196. The Morgan fingerprint density at radius 3 is 2.28 bits per heavy atom. The molecule has 1 aromatic heterocycles. The third-order valence-corrected chi connectivity index (χ3v) is 8.39. The monoisotopic (exact) mass is 554 g/mol. The van der Waals surface area contributed by atoms with E-state index in [1.807, 2.05) is 45.0 Å². The summed E-state index contributed by atoms with van der Waals surface area (Å²) in [6, 6.07) is 13.5. The Hall–Kier alpha value is -3.66. The van der Waals surface area contributed by atoms with Crippen LogP contribution in [0.3, 0.4) is 0 Å². The largest absolute Gasteiger partial charge is 0.357 e. The lowest BCUT2D eigenvalue weighted by Crippen LogP contribution is -2.51. The standard InChI is InChI=1S/C29H38N4O5S/c1-7-11-26(34)33(27(19(3)8-2)28(35)30-6)18-22-14-16-23(17-15-22)24-12-9-10-13-25(24)39(36,37)32-29-20(4)21(5)31-38-29/h9-10,12-17,19,27,32H,7-8,11,18H2,1-6H3,(H,30,35)/t19-,27-/m0/s1. The van der Waals surface area contributed by atoms with E-state index in [4.69, 9.17) is 4.52 Å². The molecular weight excluding hydrogens is 516 g/mol. The molecule has 0 aliphatic carbocycles. The van der Waals surface area contributed by atoms with E-state index in [0.717, 1.165) is 12.0 Å². The first-order chi connectivity index (χ1) is 18.5. The summed E-state index contributed by atoms with van der Waals surface area (Å²) < 4.78 is 34.2. The van der Waals surface area contributed by atoms with E-state index in [-0.39, 0.29) is 35.1 Å². The highest BCUT2D eigenvalue weighted by molar-refractivity contribution is 7.92. The SMILES string of the molecule is CCCC(=O)N(Cc1ccc(-c2ccccc2S(=O)(=O)Nc2onc(C)c2C)cc1)[C@H](C(=O)NC)[C@@H](C)CC. The van der Waals surface area contributed by atoms with Gasteiger partial charge in [0, 0.05) is 31.1 Å². The van der Waals surface area contributed by atoms with Crippen molar-refractivity contribution in [2.75, 3.05) is 11.8 Å². The van der Waals surface area contributed by atoms with Gasteiger partial charge in [0.15, 0.2) is 0 Å². The Bertz CT molecular complexity index is 1400. The molecule has 0 saturated heterocycles. The Balaban J connectivity index is 1.93. The second kappa shape index (κ2) is 12.9. The summed E-state index contributed by atoms with van der Waals surface area (Å²) in [4.78, 5) is 27.7. The van der Waals surface area contributed by atoms with Gasteiger partial charge >= 0.3 is 0 Å². The summed E-state index contributed by atoms with van der Waals surface area (Å²) in [5, 5.41) is 6.53. The molecule has 2 amide bonds. The van der Waals surface area contributed by atoms with Gasteiger partial charge < -0.3 is 14.7 Å². The quantitative estimate of drug-likeness (QED) is 0.323. The molecule has 3 aromatic rings. The molecule has 0 saturated carbocycles. The molecule has 1 heterocycles. The predicted octanol–water partition coefficient (Wildman–Crippen LogP) is 5.05. The second-order valence-electron chi connectivity index (χ2n) is 9.74. The first kappa shape index (κ1) is 29.9. The van der Waals surface area contributed by atoms with Crippen molar-refractivity contribution in [3.63, 3.8) is 0 Å². The summed E-state index contributed by atoms with van der Waals surface area (Å²) in [7, 11) is -2.38. The molecule has 210 valence electrons. The van der Waals surface area contributed by atoms with Crippen molar-refractivity contribution >= 4 is 27.7 Å². The first-order valence-electron chi connectivity index (χ1n) is 13.2. The van der Waals surface area contributed by atoms with E-state index in [1.165, 1.54) is 6.07 Å². The number of rotatable bonds is 12. The van der Waals surface area contributed by atoms with Crippen LogP contribution in [-0.2, 0) is 26.2 Å². The van der Waals surface area contributed by atoms with Gasteiger partial charge in [-0.25, -0.2) is 13.1 Å². The van der Waals surface area contributed by atoms with Gasteiger partial charge in [-0.3, -0.25) is 9.59 Å². The topological polar surface area (TPSA) is 122 Å². The normalized spacial score (nSPS) is 13.0. The number of aromatic nitrogens is 1. The van der Waals surface area contributed by atoms with E-state index >= 15 is 0 Å². The van der Waals surface area contributed by atoms with Gasteiger partial charge in [-0.1, -0.05) is 74.8 Å². The summed E-state index contributed by atoms with van der Waals surface area (Å²) in [5.41, 5.74) is 3.28. The molecule has 0 spiro atoms. The van der Waals surface area contributed by atoms with Crippen molar-refractivity contribution in [2.45, 2.75) is 71.4 Å². The minimum atomic E-state index is -3.97. The summed E-state index contributed by atoms with van der Waals surface area (Å²) in [6.45, 7) is 9.66. The number of hydrogen-bond donors (Lipinski definition) is 2. The fourth-order valence-electron chi connectivity index (χ4n) is 4.39. The fourth-order valence-corrected chi connectivity index (χ4v) is 5.67. The van der Waals surface area contributed by atoms with Crippen LogP contribution in [0.1, 0.15) is 56.9 Å². The highest BCUT2D eigenvalue weighted by Crippen LogP contribution is 2.30. The molecule has 0 radical (unpaired) electrons. The van der Waals surface area contributed by atoms with Crippen LogP contribution >= 0.6 is 0 Å². The zero-order chi connectivity index (χ0) is 28.7. The van der Waals surface area contributed by atoms with Crippen LogP contribution in [0.25, 0.3) is 11.1 Å². The van der Waals surface area contributed by atoms with Crippen LogP contribution < -0.4 is 10.0 Å². The van der Waals surface area contributed by atoms with Crippen molar-refractivity contribution in [1.82, 2.24) is 15.4 Å². The Labute approximate surface area is 231 Å². The number of amides is 2. The van der Waals surface area contributed by atoms with Crippen molar-refractivity contribution in [2.24, 2.45) is 5.92 Å². The molecule has 2 atom stereocenters. The van der Waals surface area contributed by atoms with E-state index in [2.05, 4.69) is 15.2 Å². The minimum Gasteiger partial charge on any atom is -0.357 e. The second-order valence-corrected chi connectivity index (χ2v) is 11.4. The number of benzene rings is 2. The number of carbonyl (C=O) groups excluding carboxylic acids is 2. The number of aryl methyl sites for hydroxylation is 1. The lowest BCUT2D eigenvalue weighted by Gasteiger charge is -2.34. The fraction of sp³-hybridized carbons (Fsp3) is 0.414. The van der Waals surface area contributed by atoms with Gasteiger partial charge in [-0.2, -0.15) is 0 Å². The van der Waals surface area contributed by atoms with Crippen molar-refractivity contribution in [3.05, 3.63) is 65.4 Å². The maximum absolute atomic E-state index is 13.3. The molecule has 0 aliphatic rings. The molecule has 10 heteroatoms. The zero-order valence-corrected chi connectivity index (χ0v) is 24.3. The van der Waals surface area contributed by atoms with Gasteiger partial charge in [0.1, 0.15) is 6.04 Å². The smallest absolute Gasteiger partial charge is 0.264 e. The molecule has 0 unspecified atom stereocenters. The maximum Gasteiger partial charge on any atom is 0.264 e. The molecule has 9 nitrogen and oxygen atoms in total. The van der Waals surface area contributed by atoms with E-state index in [0.29, 0.717) is 35.2 Å². The van der Waals surface area contributed by atoms with Crippen LogP contribution in [0.4, 0.5) is 5.88 Å². The highest BCUT2D eigenvalue weighted by Gasteiger charge is 2.33. The summed E-state index contributed by atoms with van der Waals surface area (Å²) in [6.07, 6.45) is 1.78. The van der Waals surface area contributed by atoms with E-state index in [9.17, 15) is 18.0 Å². The number of nitrogens with one attached hydrogen (secondary N) is 2. The van der Waals surface area contributed by atoms with Crippen LogP contribution in [0.2, 0.25) is 0 Å². The summed E-state index contributed by atoms with van der Waals surface area (Å²) >= 11 is 0. The van der Waals surface area contributed by atoms with Crippen molar-refractivity contribution in [3.8, 4) is 11.1 Å². The van der Waals surface area contributed by atoms with Crippen molar-refractivity contribution in [1.29, 1.82) is 0 Å². The maximum atomic E-state index is 13.3. The number of carbonyl (C=O) groups is 2. The molecule has 0 bridgehead atoms. The Morgan fingerprint density at radius 1 is 1.05 bits per heavy atom. The Kier molecular flexibility index (Phi) is 9.91. The van der Waals surface area contributed by atoms with Crippen LogP contribution in [0.15, 0.2) is 57.9 Å². The van der Waals surface area contributed by atoms with Crippen LogP contribution in [0.5, 0.6) is 0 Å².